The van der Waals surface area contributed by atoms with Crippen molar-refractivity contribution in [1.29, 1.82) is 0 Å². The quantitative estimate of drug-likeness (QED) is 0.790. The topological polar surface area (TPSA) is 44.4 Å². The number of likely N-dealkylation sites (tertiary alicyclic amines) is 1. The van der Waals surface area contributed by atoms with Crippen molar-refractivity contribution in [3.8, 4) is 0 Å². The van der Waals surface area contributed by atoms with Gasteiger partial charge in [-0.2, -0.15) is 0 Å². The third-order valence-corrected chi connectivity index (χ3v) is 5.08. The van der Waals surface area contributed by atoms with Gasteiger partial charge in [-0.3, -0.25) is 9.69 Å². The van der Waals surface area contributed by atoms with Crippen molar-refractivity contribution in [2.75, 3.05) is 19.6 Å². The van der Waals surface area contributed by atoms with Crippen LogP contribution in [0, 0.1) is 0 Å². The fourth-order valence-electron chi connectivity index (χ4n) is 4.14. The van der Waals surface area contributed by atoms with E-state index < -0.39 is 0 Å². The van der Waals surface area contributed by atoms with Gasteiger partial charge in [-0.15, -0.1) is 0 Å². The Kier molecular flexibility index (Phi) is 4.38. The minimum Gasteiger partial charge on any atom is -0.356 e. The maximum Gasteiger partial charge on any atom is 0.221 e. The Bertz CT molecular complexity index is 315. The molecule has 0 aromatic carbocycles. The van der Waals surface area contributed by atoms with E-state index in [1.807, 2.05) is 0 Å². The van der Waals surface area contributed by atoms with Crippen LogP contribution in [0.2, 0.25) is 0 Å². The van der Waals surface area contributed by atoms with E-state index in [0.29, 0.717) is 24.5 Å². The molecule has 108 valence electrons. The molecule has 3 aliphatic rings. The van der Waals surface area contributed by atoms with Crippen molar-refractivity contribution in [2.45, 2.75) is 69.5 Å². The highest BCUT2D eigenvalue weighted by atomic mass is 16.1. The van der Waals surface area contributed by atoms with Crippen LogP contribution in [0.1, 0.15) is 51.4 Å². The highest BCUT2D eigenvalue weighted by Gasteiger charge is 2.36. The average molecular weight is 265 g/mol. The largest absolute Gasteiger partial charge is 0.356 e. The average Bonchev–Trinajstić information content (AvgIpc) is 2.88. The molecule has 3 saturated heterocycles. The molecule has 0 aliphatic carbocycles. The van der Waals surface area contributed by atoms with Crippen molar-refractivity contribution in [2.24, 2.45) is 0 Å². The second-order valence-corrected chi connectivity index (χ2v) is 6.35. The summed E-state index contributed by atoms with van der Waals surface area (Å²) >= 11 is 0. The van der Waals surface area contributed by atoms with E-state index in [-0.39, 0.29) is 5.91 Å². The smallest absolute Gasteiger partial charge is 0.221 e. The van der Waals surface area contributed by atoms with E-state index in [1.54, 1.807) is 0 Å². The third-order valence-electron chi connectivity index (χ3n) is 5.08. The molecule has 3 rings (SSSR count). The molecule has 3 atom stereocenters. The lowest BCUT2D eigenvalue weighted by Gasteiger charge is -2.43. The molecule has 4 heteroatoms. The van der Waals surface area contributed by atoms with Gasteiger partial charge in [0.2, 0.25) is 5.91 Å². The zero-order chi connectivity index (χ0) is 13.1. The lowest BCUT2D eigenvalue weighted by atomic mass is 9.91. The van der Waals surface area contributed by atoms with Crippen molar-refractivity contribution in [1.82, 2.24) is 15.5 Å². The van der Waals surface area contributed by atoms with Crippen molar-refractivity contribution in [3.05, 3.63) is 0 Å². The molecule has 3 aliphatic heterocycles. The normalized spacial score (nSPS) is 37.9. The monoisotopic (exact) mass is 265 g/mol. The predicted octanol–water partition coefficient (Wildman–Crippen LogP) is 1.26. The fraction of sp³-hybridized carbons (Fsp3) is 0.933. The van der Waals surface area contributed by atoms with Crippen LogP contribution >= 0.6 is 0 Å². The maximum atomic E-state index is 11.8. The molecule has 1 amide bonds. The number of piperidine rings is 1. The third kappa shape index (κ3) is 3.11. The summed E-state index contributed by atoms with van der Waals surface area (Å²) in [4.78, 5) is 14.5. The van der Waals surface area contributed by atoms with Gasteiger partial charge in [0.25, 0.3) is 0 Å². The number of rotatable bonds is 2. The fourth-order valence-corrected chi connectivity index (χ4v) is 4.14. The first-order chi connectivity index (χ1) is 9.34. The number of amides is 1. The summed E-state index contributed by atoms with van der Waals surface area (Å²) in [6, 6.07) is 1.83. The van der Waals surface area contributed by atoms with E-state index in [1.165, 1.54) is 51.6 Å². The van der Waals surface area contributed by atoms with Crippen molar-refractivity contribution >= 4 is 5.91 Å². The van der Waals surface area contributed by atoms with Crippen LogP contribution in [-0.2, 0) is 4.79 Å². The van der Waals surface area contributed by atoms with Gasteiger partial charge in [0.15, 0.2) is 0 Å². The second kappa shape index (κ2) is 6.23. The molecule has 0 bridgehead atoms. The summed E-state index contributed by atoms with van der Waals surface area (Å²) in [5, 5.41) is 6.70. The van der Waals surface area contributed by atoms with Crippen molar-refractivity contribution < 1.29 is 4.79 Å². The van der Waals surface area contributed by atoms with Gasteiger partial charge in [0, 0.05) is 31.1 Å². The Morgan fingerprint density at radius 2 is 1.89 bits per heavy atom. The molecule has 4 nitrogen and oxygen atoms in total. The van der Waals surface area contributed by atoms with Crippen LogP contribution in [0.4, 0.5) is 0 Å². The minimum absolute atomic E-state index is 0.256. The first-order valence-corrected chi connectivity index (χ1v) is 8.10. The summed E-state index contributed by atoms with van der Waals surface area (Å²) in [5.41, 5.74) is 0. The minimum atomic E-state index is 0.256. The van der Waals surface area contributed by atoms with Gasteiger partial charge < -0.3 is 10.6 Å². The number of nitrogens with one attached hydrogen (secondary N) is 2. The van der Waals surface area contributed by atoms with Crippen LogP contribution < -0.4 is 10.6 Å². The molecule has 0 saturated carbocycles. The van der Waals surface area contributed by atoms with E-state index >= 15 is 0 Å². The number of hydrogen-bond donors (Lipinski definition) is 2. The van der Waals surface area contributed by atoms with E-state index in [0.717, 1.165) is 13.0 Å². The lowest BCUT2D eigenvalue weighted by molar-refractivity contribution is -0.122. The zero-order valence-electron chi connectivity index (χ0n) is 11.9. The molecule has 0 radical (unpaired) electrons. The predicted molar refractivity (Wildman–Crippen MR) is 76.0 cm³/mol. The highest BCUT2D eigenvalue weighted by molar-refractivity contribution is 5.76. The lowest BCUT2D eigenvalue weighted by Crippen LogP contribution is -2.54. The Morgan fingerprint density at radius 1 is 1.00 bits per heavy atom. The molecule has 3 heterocycles. The number of carbonyl (C=O) groups is 1. The molecule has 19 heavy (non-hydrogen) atoms. The van der Waals surface area contributed by atoms with Gasteiger partial charge in [-0.25, -0.2) is 0 Å². The van der Waals surface area contributed by atoms with Crippen LogP contribution in [0.15, 0.2) is 0 Å². The SMILES string of the molecule is O=C1CC(N2CCCCC2C2CCCN2)CCCN1. The molecule has 0 aromatic rings. The van der Waals surface area contributed by atoms with Crippen LogP contribution in [-0.4, -0.2) is 48.6 Å². The van der Waals surface area contributed by atoms with Crippen molar-refractivity contribution in [3.63, 3.8) is 0 Å². The van der Waals surface area contributed by atoms with Crippen LogP contribution in [0.3, 0.4) is 0 Å². The van der Waals surface area contributed by atoms with E-state index in [9.17, 15) is 4.79 Å². The summed E-state index contributed by atoms with van der Waals surface area (Å²) in [6.45, 7) is 3.25. The Labute approximate surface area is 116 Å². The summed E-state index contributed by atoms with van der Waals surface area (Å²) in [6.07, 6.45) is 9.65. The number of nitrogens with zero attached hydrogens (tertiary/aromatic N) is 1. The Balaban J connectivity index is 1.69. The second-order valence-electron chi connectivity index (χ2n) is 6.35. The molecule has 3 fully saturated rings. The van der Waals surface area contributed by atoms with Gasteiger partial charge in [-0.05, 0) is 51.6 Å². The summed E-state index contributed by atoms with van der Waals surface area (Å²) in [5.74, 6) is 0.256. The van der Waals surface area contributed by atoms with Gasteiger partial charge in [0.1, 0.15) is 0 Å². The Hall–Kier alpha value is -0.610. The van der Waals surface area contributed by atoms with Gasteiger partial charge in [0.05, 0.1) is 0 Å². The molecule has 0 spiro atoms. The molecule has 2 N–H and O–H groups in total. The highest BCUT2D eigenvalue weighted by Crippen LogP contribution is 2.28. The standard InChI is InChI=1S/C15H27N3O/c19-15-11-12(5-3-9-17-15)18-10-2-1-7-14(18)13-6-4-8-16-13/h12-14,16H,1-11H2,(H,17,19). The van der Waals surface area contributed by atoms with E-state index in [2.05, 4.69) is 15.5 Å². The molecule has 3 unspecified atom stereocenters. The summed E-state index contributed by atoms with van der Waals surface area (Å²) < 4.78 is 0. The number of carbonyl (C=O) groups excluding carboxylic acids is 1. The first-order valence-electron chi connectivity index (χ1n) is 8.10. The first kappa shape index (κ1) is 13.4. The molecular formula is C15H27N3O. The Morgan fingerprint density at radius 3 is 2.74 bits per heavy atom. The molecular weight excluding hydrogens is 238 g/mol. The van der Waals surface area contributed by atoms with Gasteiger partial charge >= 0.3 is 0 Å². The summed E-state index contributed by atoms with van der Waals surface area (Å²) in [7, 11) is 0. The van der Waals surface area contributed by atoms with Gasteiger partial charge in [-0.1, -0.05) is 6.42 Å². The molecule has 0 aromatic heterocycles. The zero-order valence-corrected chi connectivity index (χ0v) is 11.9. The maximum absolute atomic E-state index is 11.8. The van der Waals surface area contributed by atoms with E-state index in [4.69, 9.17) is 0 Å². The van der Waals surface area contributed by atoms with Crippen LogP contribution in [0.25, 0.3) is 0 Å². The number of hydrogen-bond acceptors (Lipinski definition) is 3. The van der Waals surface area contributed by atoms with Crippen LogP contribution in [0.5, 0.6) is 0 Å².